The highest BCUT2D eigenvalue weighted by Gasteiger charge is 2.10. The minimum atomic E-state index is -0.479. The highest BCUT2D eigenvalue weighted by atomic mass is 79.9. The molecule has 0 saturated heterocycles. The average Bonchev–Trinajstić information content (AvgIpc) is 2.66. The molecule has 0 aromatic heterocycles. The minimum absolute atomic E-state index is 0.238. The Balaban J connectivity index is 1.55. The lowest BCUT2D eigenvalue weighted by Gasteiger charge is -2.11. The molecule has 7 heteroatoms. The summed E-state index contributed by atoms with van der Waals surface area (Å²) >= 11 is 9.26. The van der Waals surface area contributed by atoms with Crippen molar-refractivity contribution in [2.24, 2.45) is 0 Å². The molecule has 0 spiro atoms. The van der Waals surface area contributed by atoms with Crippen LogP contribution in [0.2, 0.25) is 5.02 Å². The van der Waals surface area contributed by atoms with E-state index in [0.29, 0.717) is 16.3 Å². The molecule has 26 heavy (non-hydrogen) atoms. The smallest absolute Gasteiger partial charge is 0.276 e. The zero-order valence-corrected chi connectivity index (χ0v) is 15.8. The van der Waals surface area contributed by atoms with Crippen LogP contribution in [-0.4, -0.2) is 18.4 Å². The molecule has 0 atom stereocenters. The normalized spacial score (nSPS) is 10.4. The number of hydrogen-bond acceptors (Lipinski definition) is 3. The molecule has 0 aliphatic carbocycles. The summed E-state index contributed by atoms with van der Waals surface area (Å²) in [6.07, 6.45) is 0. The first-order valence-electron chi connectivity index (χ1n) is 7.69. The van der Waals surface area contributed by atoms with Crippen LogP contribution in [0.25, 0.3) is 10.8 Å². The maximum Gasteiger partial charge on any atom is 0.276 e. The number of nitrogens with one attached hydrogen (secondary N) is 2. The van der Waals surface area contributed by atoms with Crippen molar-refractivity contribution in [3.63, 3.8) is 0 Å². The molecule has 0 heterocycles. The summed E-state index contributed by atoms with van der Waals surface area (Å²) in [5.74, 6) is -0.378. The van der Waals surface area contributed by atoms with Crippen LogP contribution in [0.15, 0.2) is 65.1 Å². The van der Waals surface area contributed by atoms with Gasteiger partial charge in [0.05, 0.1) is 4.47 Å². The number of halogens is 2. The summed E-state index contributed by atoms with van der Waals surface area (Å²) in [5, 5.41) is 2.58. The third kappa shape index (κ3) is 4.33. The number of carbonyl (C=O) groups is 2. The summed E-state index contributed by atoms with van der Waals surface area (Å²) in [4.78, 5) is 23.8. The molecule has 3 rings (SSSR count). The van der Waals surface area contributed by atoms with Crippen molar-refractivity contribution in [2.75, 3.05) is 6.61 Å². The number of hydrogen-bond donors (Lipinski definition) is 2. The highest BCUT2D eigenvalue weighted by molar-refractivity contribution is 9.10. The molecule has 0 bridgehead atoms. The molecule has 0 fully saturated rings. The largest absolute Gasteiger partial charge is 0.483 e. The Morgan fingerprint density at radius 2 is 1.69 bits per heavy atom. The van der Waals surface area contributed by atoms with Crippen LogP contribution < -0.4 is 15.6 Å². The number of benzene rings is 3. The van der Waals surface area contributed by atoms with Gasteiger partial charge in [0, 0.05) is 10.6 Å². The number of fused-ring (bicyclic) bond motifs is 1. The number of ether oxygens (including phenoxy) is 1. The van der Waals surface area contributed by atoms with E-state index in [1.807, 2.05) is 30.3 Å². The predicted molar refractivity (Wildman–Crippen MR) is 104 cm³/mol. The van der Waals surface area contributed by atoms with Gasteiger partial charge in [0.1, 0.15) is 5.75 Å². The Kier molecular flexibility index (Phi) is 5.75. The van der Waals surface area contributed by atoms with Gasteiger partial charge >= 0.3 is 0 Å². The van der Waals surface area contributed by atoms with Crippen molar-refractivity contribution in [2.45, 2.75) is 0 Å². The van der Waals surface area contributed by atoms with Gasteiger partial charge in [0.2, 0.25) is 0 Å². The van der Waals surface area contributed by atoms with Gasteiger partial charge in [-0.05, 0) is 57.0 Å². The third-order valence-electron chi connectivity index (χ3n) is 3.61. The van der Waals surface area contributed by atoms with Crippen molar-refractivity contribution in [3.8, 4) is 5.75 Å². The van der Waals surface area contributed by atoms with E-state index in [-0.39, 0.29) is 6.61 Å². The maximum absolute atomic E-state index is 11.9. The van der Waals surface area contributed by atoms with Gasteiger partial charge in [-0.15, -0.1) is 0 Å². The molecular formula is C19H14BrClN2O3. The van der Waals surface area contributed by atoms with Crippen molar-refractivity contribution < 1.29 is 14.3 Å². The molecule has 3 aromatic carbocycles. The first-order valence-corrected chi connectivity index (χ1v) is 8.86. The Morgan fingerprint density at radius 3 is 2.46 bits per heavy atom. The van der Waals surface area contributed by atoms with Crippen molar-refractivity contribution in [1.29, 1.82) is 0 Å². The Hall–Kier alpha value is -2.57. The molecule has 3 aromatic rings. The standard InChI is InChI=1S/C19H14BrClN2O3/c20-18-15-4-2-1-3-12(15)7-10-16(18)26-11-17(24)22-23-19(25)13-5-8-14(21)9-6-13/h1-10H,11H2,(H,22,24)(H,23,25). The number of carbonyl (C=O) groups excluding carboxylic acids is 2. The first-order chi connectivity index (χ1) is 12.5. The molecule has 2 amide bonds. The zero-order valence-electron chi connectivity index (χ0n) is 13.5. The van der Waals surface area contributed by atoms with E-state index in [2.05, 4.69) is 26.8 Å². The van der Waals surface area contributed by atoms with E-state index < -0.39 is 11.8 Å². The van der Waals surface area contributed by atoms with Gasteiger partial charge < -0.3 is 4.74 Å². The molecule has 0 saturated carbocycles. The van der Waals surface area contributed by atoms with Gasteiger partial charge in [-0.1, -0.05) is 41.9 Å². The van der Waals surface area contributed by atoms with Gasteiger partial charge in [-0.25, -0.2) is 0 Å². The summed E-state index contributed by atoms with van der Waals surface area (Å²) in [6, 6.07) is 17.8. The molecule has 0 unspecified atom stereocenters. The average molecular weight is 434 g/mol. The molecule has 0 aliphatic heterocycles. The Bertz CT molecular complexity index is 961. The lowest BCUT2D eigenvalue weighted by atomic mass is 10.1. The Morgan fingerprint density at radius 1 is 0.962 bits per heavy atom. The van der Waals surface area contributed by atoms with Crippen molar-refractivity contribution >= 4 is 50.1 Å². The van der Waals surface area contributed by atoms with E-state index in [1.165, 1.54) is 0 Å². The van der Waals surface area contributed by atoms with E-state index in [1.54, 1.807) is 30.3 Å². The lowest BCUT2D eigenvalue weighted by Crippen LogP contribution is -2.43. The van der Waals surface area contributed by atoms with Crippen LogP contribution in [0.4, 0.5) is 0 Å². The summed E-state index contributed by atoms with van der Waals surface area (Å²) in [5.41, 5.74) is 5.02. The van der Waals surface area contributed by atoms with Crippen LogP contribution in [0.5, 0.6) is 5.75 Å². The number of rotatable bonds is 4. The highest BCUT2D eigenvalue weighted by Crippen LogP contribution is 2.32. The molecular weight excluding hydrogens is 420 g/mol. The van der Waals surface area contributed by atoms with Crippen LogP contribution in [0, 0.1) is 0 Å². The van der Waals surface area contributed by atoms with Crippen molar-refractivity contribution in [3.05, 3.63) is 75.7 Å². The first kappa shape index (κ1) is 18.2. The second kappa shape index (κ2) is 8.21. The predicted octanol–water partition coefficient (Wildman–Crippen LogP) is 4.10. The lowest BCUT2D eigenvalue weighted by molar-refractivity contribution is -0.123. The van der Waals surface area contributed by atoms with E-state index in [0.717, 1.165) is 15.2 Å². The van der Waals surface area contributed by atoms with Gasteiger partial charge in [0.15, 0.2) is 6.61 Å². The van der Waals surface area contributed by atoms with Gasteiger partial charge in [0.25, 0.3) is 11.8 Å². The molecule has 2 N–H and O–H groups in total. The number of hydrazine groups is 1. The zero-order chi connectivity index (χ0) is 18.5. The van der Waals surface area contributed by atoms with Crippen molar-refractivity contribution in [1.82, 2.24) is 10.9 Å². The summed E-state index contributed by atoms with van der Waals surface area (Å²) < 4.78 is 6.30. The van der Waals surface area contributed by atoms with Gasteiger partial charge in [-0.2, -0.15) is 0 Å². The van der Waals surface area contributed by atoms with Crippen LogP contribution >= 0.6 is 27.5 Å². The molecule has 132 valence electrons. The third-order valence-corrected chi connectivity index (χ3v) is 4.68. The fourth-order valence-electron chi connectivity index (χ4n) is 2.30. The fraction of sp³-hybridized carbons (Fsp3) is 0.0526. The monoisotopic (exact) mass is 432 g/mol. The molecule has 0 radical (unpaired) electrons. The summed E-state index contributed by atoms with van der Waals surface area (Å²) in [6.45, 7) is -0.238. The quantitative estimate of drug-likeness (QED) is 0.609. The van der Waals surface area contributed by atoms with Gasteiger partial charge in [-0.3, -0.25) is 20.4 Å². The Labute approximate surface area is 163 Å². The maximum atomic E-state index is 11.9. The van der Waals surface area contributed by atoms with E-state index >= 15 is 0 Å². The number of amides is 2. The van der Waals surface area contributed by atoms with E-state index in [9.17, 15) is 9.59 Å². The van der Waals surface area contributed by atoms with Crippen LogP contribution in [-0.2, 0) is 4.79 Å². The minimum Gasteiger partial charge on any atom is -0.483 e. The SMILES string of the molecule is O=C(COc1ccc2ccccc2c1Br)NNC(=O)c1ccc(Cl)cc1. The van der Waals surface area contributed by atoms with Crippen LogP contribution in [0.3, 0.4) is 0 Å². The van der Waals surface area contributed by atoms with Crippen LogP contribution in [0.1, 0.15) is 10.4 Å². The molecule has 5 nitrogen and oxygen atoms in total. The molecule has 0 aliphatic rings. The summed E-state index contributed by atoms with van der Waals surface area (Å²) in [7, 11) is 0. The second-order valence-corrected chi connectivity index (χ2v) is 6.63. The topological polar surface area (TPSA) is 67.4 Å². The second-order valence-electron chi connectivity index (χ2n) is 5.40. The van der Waals surface area contributed by atoms with E-state index in [4.69, 9.17) is 16.3 Å². The fourth-order valence-corrected chi connectivity index (χ4v) is 3.04.